The standard InChI is InChI=1S/C18H19N5O3/c1-23-9-11(8-19-23)15(10-6-12(24)7-10)22-18(26)16-17(25)21-14-5-3-2-4-13(14)20-16/h2-5,8-10,12,15,24H,6-7H2,1H3,(H,21,25)(H,22,26)/t10?,12?,15-/m0/s1. The van der Waals surface area contributed by atoms with Gasteiger partial charge in [0, 0.05) is 18.8 Å². The fourth-order valence-electron chi connectivity index (χ4n) is 3.37. The molecule has 4 rings (SSSR count). The van der Waals surface area contributed by atoms with Crippen molar-refractivity contribution in [1.29, 1.82) is 0 Å². The highest BCUT2D eigenvalue weighted by Gasteiger charge is 2.36. The molecule has 1 aliphatic carbocycles. The number of nitrogens with one attached hydrogen (secondary N) is 2. The van der Waals surface area contributed by atoms with Gasteiger partial charge in [-0.3, -0.25) is 14.3 Å². The number of amides is 1. The van der Waals surface area contributed by atoms with Crippen molar-refractivity contribution in [2.24, 2.45) is 13.0 Å². The average molecular weight is 353 g/mol. The second kappa shape index (κ2) is 6.38. The molecule has 0 aliphatic heterocycles. The van der Waals surface area contributed by atoms with E-state index in [1.807, 2.05) is 6.20 Å². The third-order valence-corrected chi connectivity index (χ3v) is 4.81. The largest absolute Gasteiger partial charge is 0.393 e. The van der Waals surface area contributed by atoms with Gasteiger partial charge in [0.1, 0.15) is 0 Å². The zero-order chi connectivity index (χ0) is 18.3. The molecule has 1 amide bonds. The third-order valence-electron chi connectivity index (χ3n) is 4.81. The number of hydrogen-bond acceptors (Lipinski definition) is 5. The van der Waals surface area contributed by atoms with Gasteiger partial charge < -0.3 is 15.4 Å². The summed E-state index contributed by atoms with van der Waals surface area (Å²) in [7, 11) is 1.80. The van der Waals surface area contributed by atoms with Crippen LogP contribution < -0.4 is 10.9 Å². The van der Waals surface area contributed by atoms with E-state index >= 15 is 0 Å². The number of aliphatic hydroxyl groups excluding tert-OH is 1. The monoisotopic (exact) mass is 353 g/mol. The Kier molecular flexibility index (Phi) is 4.04. The zero-order valence-corrected chi connectivity index (χ0v) is 14.2. The van der Waals surface area contributed by atoms with E-state index in [0.29, 0.717) is 23.9 Å². The van der Waals surface area contributed by atoms with Crippen LogP contribution in [-0.2, 0) is 7.05 Å². The van der Waals surface area contributed by atoms with E-state index in [4.69, 9.17) is 0 Å². The number of fused-ring (bicyclic) bond motifs is 1. The molecule has 3 N–H and O–H groups in total. The minimum atomic E-state index is -0.535. The molecule has 8 heteroatoms. The van der Waals surface area contributed by atoms with E-state index in [-0.39, 0.29) is 23.8 Å². The number of H-pyrrole nitrogens is 1. The Hall–Kier alpha value is -3.00. The fraction of sp³-hybridized carbons (Fsp3) is 0.333. The first-order chi connectivity index (χ1) is 12.5. The average Bonchev–Trinajstić information content (AvgIpc) is 3.02. The molecule has 1 aromatic carbocycles. The van der Waals surface area contributed by atoms with Crippen LogP contribution in [0.2, 0.25) is 0 Å². The summed E-state index contributed by atoms with van der Waals surface area (Å²) in [6.07, 6.45) is 4.36. The van der Waals surface area contributed by atoms with Crippen LogP contribution in [0.3, 0.4) is 0 Å². The molecule has 2 aromatic heterocycles. The van der Waals surface area contributed by atoms with Crippen LogP contribution in [0.1, 0.15) is 34.9 Å². The Bertz CT molecular complexity index is 1020. The van der Waals surface area contributed by atoms with E-state index in [9.17, 15) is 14.7 Å². The van der Waals surface area contributed by atoms with Gasteiger partial charge in [-0.15, -0.1) is 0 Å². The quantitative estimate of drug-likeness (QED) is 0.645. The number of para-hydroxylation sites is 2. The summed E-state index contributed by atoms with van der Waals surface area (Å²) in [5.41, 5.74) is 1.28. The first-order valence-corrected chi connectivity index (χ1v) is 8.48. The molecule has 1 fully saturated rings. The number of nitrogens with zero attached hydrogens (tertiary/aromatic N) is 3. The summed E-state index contributed by atoms with van der Waals surface area (Å²) in [5, 5.41) is 16.7. The van der Waals surface area contributed by atoms with Crippen LogP contribution in [0.5, 0.6) is 0 Å². The van der Waals surface area contributed by atoms with Crippen molar-refractivity contribution >= 4 is 16.9 Å². The molecule has 134 valence electrons. The lowest BCUT2D eigenvalue weighted by Gasteiger charge is -2.37. The van der Waals surface area contributed by atoms with Crippen molar-refractivity contribution in [3.8, 4) is 0 Å². The first kappa shape index (κ1) is 16.5. The van der Waals surface area contributed by atoms with E-state index in [2.05, 4.69) is 20.4 Å². The lowest BCUT2D eigenvalue weighted by molar-refractivity contribution is 0.0234. The molecule has 3 aromatic rings. The van der Waals surface area contributed by atoms with E-state index in [0.717, 1.165) is 5.56 Å². The summed E-state index contributed by atoms with van der Waals surface area (Å²) >= 11 is 0. The van der Waals surface area contributed by atoms with Crippen LogP contribution >= 0.6 is 0 Å². The molecule has 0 saturated heterocycles. The number of aromatic amines is 1. The number of rotatable bonds is 4. The van der Waals surface area contributed by atoms with Gasteiger partial charge in [-0.2, -0.15) is 5.10 Å². The predicted octanol–water partition coefficient (Wildman–Crippen LogP) is 0.899. The van der Waals surface area contributed by atoms with Crippen molar-refractivity contribution in [1.82, 2.24) is 25.1 Å². The third kappa shape index (κ3) is 2.99. The molecule has 0 bridgehead atoms. The van der Waals surface area contributed by atoms with E-state index in [1.54, 1.807) is 42.2 Å². The van der Waals surface area contributed by atoms with Gasteiger partial charge in [-0.25, -0.2) is 4.98 Å². The maximum Gasteiger partial charge on any atom is 0.280 e. The van der Waals surface area contributed by atoms with Crippen LogP contribution in [0.4, 0.5) is 0 Å². The Morgan fingerprint density at radius 1 is 1.38 bits per heavy atom. The first-order valence-electron chi connectivity index (χ1n) is 8.48. The highest BCUT2D eigenvalue weighted by molar-refractivity contribution is 5.94. The molecule has 26 heavy (non-hydrogen) atoms. The van der Waals surface area contributed by atoms with Gasteiger partial charge in [0.05, 0.1) is 29.4 Å². The van der Waals surface area contributed by atoms with Gasteiger partial charge >= 0.3 is 0 Å². The lowest BCUT2D eigenvalue weighted by atomic mass is 9.75. The highest BCUT2D eigenvalue weighted by atomic mass is 16.3. The van der Waals surface area contributed by atoms with Gasteiger partial charge in [-0.05, 0) is 30.9 Å². The second-order valence-electron chi connectivity index (χ2n) is 6.72. The van der Waals surface area contributed by atoms with Crippen LogP contribution in [0.15, 0.2) is 41.5 Å². The number of aromatic nitrogens is 4. The minimum Gasteiger partial charge on any atom is -0.393 e. The summed E-state index contributed by atoms with van der Waals surface area (Å²) in [6, 6.07) is 6.74. The van der Waals surface area contributed by atoms with E-state index in [1.165, 1.54) is 0 Å². The van der Waals surface area contributed by atoms with Crippen LogP contribution in [-0.4, -0.2) is 36.9 Å². The normalized spacial score (nSPS) is 20.5. The van der Waals surface area contributed by atoms with Crippen molar-refractivity contribution in [2.75, 3.05) is 0 Å². The van der Waals surface area contributed by atoms with Crippen LogP contribution in [0, 0.1) is 5.92 Å². The van der Waals surface area contributed by atoms with Gasteiger partial charge in [0.2, 0.25) is 0 Å². The molecule has 0 spiro atoms. The van der Waals surface area contributed by atoms with Crippen molar-refractivity contribution in [2.45, 2.75) is 25.0 Å². The van der Waals surface area contributed by atoms with Crippen molar-refractivity contribution < 1.29 is 9.90 Å². The van der Waals surface area contributed by atoms with Gasteiger partial charge in [0.15, 0.2) is 5.69 Å². The number of aliphatic hydroxyl groups is 1. The summed E-state index contributed by atoms with van der Waals surface area (Å²) < 4.78 is 1.66. The number of carbonyl (C=O) groups is 1. The number of aryl methyl sites for hydroxylation is 1. The lowest BCUT2D eigenvalue weighted by Crippen LogP contribution is -2.42. The summed E-state index contributed by atoms with van der Waals surface area (Å²) in [6.45, 7) is 0. The maximum atomic E-state index is 12.7. The SMILES string of the molecule is Cn1cc([C@@H](NC(=O)c2nc3ccccc3[nH]c2=O)C2CC(O)C2)cn1. The number of benzene rings is 1. The molecule has 0 radical (unpaired) electrons. The molecule has 0 unspecified atom stereocenters. The second-order valence-corrected chi connectivity index (χ2v) is 6.72. The van der Waals surface area contributed by atoms with Crippen molar-refractivity contribution in [3.63, 3.8) is 0 Å². The molecule has 2 heterocycles. The van der Waals surface area contributed by atoms with Crippen LogP contribution in [0.25, 0.3) is 11.0 Å². The minimum absolute atomic E-state index is 0.0951. The molecular weight excluding hydrogens is 334 g/mol. The van der Waals surface area contributed by atoms with Crippen molar-refractivity contribution in [3.05, 3.63) is 58.3 Å². The fourth-order valence-corrected chi connectivity index (χ4v) is 3.37. The molecule has 1 saturated carbocycles. The zero-order valence-electron chi connectivity index (χ0n) is 14.2. The Balaban J connectivity index is 1.64. The molecule has 1 aliphatic rings. The molecular formula is C18H19N5O3. The summed E-state index contributed by atoms with van der Waals surface area (Å²) in [5.74, 6) is -0.440. The Morgan fingerprint density at radius 3 is 2.85 bits per heavy atom. The maximum absolute atomic E-state index is 12.7. The Morgan fingerprint density at radius 2 is 2.15 bits per heavy atom. The highest BCUT2D eigenvalue weighted by Crippen LogP contribution is 2.38. The van der Waals surface area contributed by atoms with Gasteiger partial charge in [0.25, 0.3) is 11.5 Å². The summed E-state index contributed by atoms with van der Waals surface area (Å²) in [4.78, 5) is 31.9. The number of carbonyl (C=O) groups excluding carboxylic acids is 1. The smallest absolute Gasteiger partial charge is 0.280 e. The Labute approximate surface area is 148 Å². The van der Waals surface area contributed by atoms with E-state index < -0.39 is 11.5 Å². The number of hydrogen-bond donors (Lipinski definition) is 3. The van der Waals surface area contributed by atoms with Gasteiger partial charge in [-0.1, -0.05) is 12.1 Å². The predicted molar refractivity (Wildman–Crippen MR) is 94.5 cm³/mol. The molecule has 8 nitrogen and oxygen atoms in total. The molecule has 1 atom stereocenters. The topological polar surface area (TPSA) is 113 Å².